The van der Waals surface area contributed by atoms with Crippen LogP contribution in [0.4, 0.5) is 11.4 Å². The molecule has 7 heteroatoms. The summed E-state index contributed by atoms with van der Waals surface area (Å²) in [5.74, 6) is 0.319. The molecule has 3 aromatic rings. The van der Waals surface area contributed by atoms with Crippen LogP contribution in [-0.2, 0) is 4.79 Å². The van der Waals surface area contributed by atoms with Crippen molar-refractivity contribution in [1.82, 2.24) is 4.98 Å². The van der Waals surface area contributed by atoms with Crippen LogP contribution in [-0.4, -0.2) is 23.9 Å². The fourth-order valence-electron chi connectivity index (χ4n) is 2.53. The number of aryl methyl sites for hydroxylation is 1. The number of rotatable bonds is 5. The Morgan fingerprint density at radius 1 is 1.04 bits per heavy atom. The molecular formula is C20H19N3O3S. The van der Waals surface area contributed by atoms with Gasteiger partial charge in [-0.2, -0.15) is 0 Å². The molecule has 138 valence electrons. The second-order valence-electron chi connectivity index (χ2n) is 5.87. The number of hydrogen-bond acceptors (Lipinski definition) is 5. The number of benzene rings is 2. The van der Waals surface area contributed by atoms with Crippen molar-refractivity contribution in [2.24, 2.45) is 0 Å². The lowest BCUT2D eigenvalue weighted by Crippen LogP contribution is -2.13. The van der Waals surface area contributed by atoms with E-state index in [0.717, 1.165) is 21.2 Å². The third kappa shape index (κ3) is 4.51. The molecule has 0 saturated heterocycles. The van der Waals surface area contributed by atoms with Crippen molar-refractivity contribution in [1.29, 1.82) is 0 Å². The van der Waals surface area contributed by atoms with Gasteiger partial charge in [-0.3, -0.25) is 9.59 Å². The zero-order valence-corrected chi connectivity index (χ0v) is 16.0. The monoisotopic (exact) mass is 381 g/mol. The Hall–Kier alpha value is -3.19. The fourth-order valence-corrected chi connectivity index (χ4v) is 3.44. The van der Waals surface area contributed by atoms with Gasteiger partial charge in [0.25, 0.3) is 5.91 Å². The molecule has 0 atom stereocenters. The maximum Gasteiger partial charge on any atom is 0.275 e. The lowest BCUT2D eigenvalue weighted by molar-refractivity contribution is -0.114. The molecule has 6 nitrogen and oxygen atoms in total. The SMILES string of the molecule is COc1ccc(NC(=O)c2nc(-c3cccc(NC(C)=O)c3)sc2C)cc1. The van der Waals surface area contributed by atoms with Gasteiger partial charge in [0.1, 0.15) is 16.5 Å². The van der Waals surface area contributed by atoms with Gasteiger partial charge in [0.2, 0.25) is 5.91 Å². The molecule has 0 spiro atoms. The van der Waals surface area contributed by atoms with E-state index in [0.29, 0.717) is 17.1 Å². The standard InChI is InChI=1S/C20H19N3O3S/c1-12-18(19(25)22-15-7-9-17(26-3)10-8-15)23-20(27-12)14-5-4-6-16(11-14)21-13(2)24/h4-11H,1-3H3,(H,21,24)(H,22,25). The summed E-state index contributed by atoms with van der Waals surface area (Å²) in [6, 6.07) is 14.5. The van der Waals surface area contributed by atoms with Gasteiger partial charge < -0.3 is 15.4 Å². The van der Waals surface area contributed by atoms with Crippen LogP contribution in [0.3, 0.4) is 0 Å². The van der Waals surface area contributed by atoms with Gasteiger partial charge in [0.05, 0.1) is 7.11 Å². The van der Waals surface area contributed by atoms with E-state index in [1.807, 2.05) is 31.2 Å². The molecule has 0 aliphatic rings. The van der Waals surface area contributed by atoms with E-state index in [-0.39, 0.29) is 11.8 Å². The normalized spacial score (nSPS) is 10.3. The topological polar surface area (TPSA) is 80.3 Å². The third-order valence-electron chi connectivity index (χ3n) is 3.79. The second-order valence-corrected chi connectivity index (χ2v) is 7.07. The Balaban J connectivity index is 1.81. The molecule has 0 radical (unpaired) electrons. The predicted molar refractivity (Wildman–Crippen MR) is 108 cm³/mol. The van der Waals surface area contributed by atoms with E-state index in [1.54, 1.807) is 31.4 Å². The maximum absolute atomic E-state index is 12.6. The smallest absolute Gasteiger partial charge is 0.275 e. The van der Waals surface area contributed by atoms with E-state index in [2.05, 4.69) is 15.6 Å². The number of aromatic nitrogens is 1. The van der Waals surface area contributed by atoms with Gasteiger partial charge >= 0.3 is 0 Å². The highest BCUT2D eigenvalue weighted by Gasteiger charge is 2.17. The minimum Gasteiger partial charge on any atom is -0.497 e. The molecule has 3 rings (SSSR count). The minimum atomic E-state index is -0.266. The Morgan fingerprint density at radius 3 is 2.44 bits per heavy atom. The molecule has 2 amide bonds. The largest absolute Gasteiger partial charge is 0.497 e. The predicted octanol–water partition coefficient (Wildman–Crippen LogP) is 4.34. The van der Waals surface area contributed by atoms with Crippen molar-refractivity contribution >= 4 is 34.5 Å². The van der Waals surface area contributed by atoms with Crippen LogP contribution in [0, 0.1) is 6.92 Å². The summed E-state index contributed by atoms with van der Waals surface area (Å²) in [6.45, 7) is 3.32. The van der Waals surface area contributed by atoms with Crippen molar-refractivity contribution in [3.8, 4) is 16.3 Å². The molecule has 2 aromatic carbocycles. The first-order valence-electron chi connectivity index (χ1n) is 8.27. The van der Waals surface area contributed by atoms with Crippen LogP contribution in [0.15, 0.2) is 48.5 Å². The summed E-state index contributed by atoms with van der Waals surface area (Å²) in [4.78, 5) is 29.1. The fraction of sp³-hybridized carbons (Fsp3) is 0.150. The van der Waals surface area contributed by atoms with Crippen molar-refractivity contribution < 1.29 is 14.3 Å². The van der Waals surface area contributed by atoms with Crippen molar-refractivity contribution in [2.45, 2.75) is 13.8 Å². The molecule has 0 bridgehead atoms. The summed E-state index contributed by atoms with van der Waals surface area (Å²) in [7, 11) is 1.59. The molecule has 0 saturated carbocycles. The molecule has 1 aromatic heterocycles. The molecule has 2 N–H and O–H groups in total. The van der Waals surface area contributed by atoms with Gasteiger partial charge in [0.15, 0.2) is 0 Å². The Morgan fingerprint density at radius 2 is 1.78 bits per heavy atom. The van der Waals surface area contributed by atoms with E-state index in [1.165, 1.54) is 18.3 Å². The number of ether oxygens (including phenoxy) is 1. The molecule has 0 aliphatic heterocycles. The molecule has 1 heterocycles. The highest BCUT2D eigenvalue weighted by atomic mass is 32.1. The van der Waals surface area contributed by atoms with Gasteiger partial charge in [-0.15, -0.1) is 11.3 Å². The zero-order chi connectivity index (χ0) is 19.4. The number of carbonyl (C=O) groups excluding carboxylic acids is 2. The number of nitrogens with zero attached hydrogens (tertiary/aromatic N) is 1. The minimum absolute atomic E-state index is 0.137. The van der Waals surface area contributed by atoms with Gasteiger partial charge in [-0.25, -0.2) is 4.98 Å². The summed E-state index contributed by atoms with van der Waals surface area (Å²) < 4.78 is 5.11. The number of methoxy groups -OCH3 is 1. The van der Waals surface area contributed by atoms with E-state index < -0.39 is 0 Å². The first-order valence-corrected chi connectivity index (χ1v) is 9.09. The molecule has 27 heavy (non-hydrogen) atoms. The van der Waals surface area contributed by atoms with Crippen LogP contribution >= 0.6 is 11.3 Å². The maximum atomic E-state index is 12.6. The Bertz CT molecular complexity index is 980. The highest BCUT2D eigenvalue weighted by Crippen LogP contribution is 2.30. The second kappa shape index (κ2) is 8.01. The lowest BCUT2D eigenvalue weighted by atomic mass is 10.2. The summed E-state index contributed by atoms with van der Waals surface area (Å²) in [5.41, 5.74) is 2.59. The highest BCUT2D eigenvalue weighted by molar-refractivity contribution is 7.15. The van der Waals surface area contributed by atoms with Crippen LogP contribution in [0.5, 0.6) is 5.75 Å². The molecule has 0 fully saturated rings. The van der Waals surface area contributed by atoms with Crippen LogP contribution in [0.1, 0.15) is 22.3 Å². The number of anilines is 2. The average molecular weight is 381 g/mol. The number of hydrogen-bond donors (Lipinski definition) is 2. The van der Waals surface area contributed by atoms with Crippen LogP contribution in [0.25, 0.3) is 10.6 Å². The van der Waals surface area contributed by atoms with Gasteiger partial charge in [-0.1, -0.05) is 12.1 Å². The van der Waals surface area contributed by atoms with E-state index in [9.17, 15) is 9.59 Å². The van der Waals surface area contributed by atoms with Gasteiger partial charge in [0, 0.05) is 28.7 Å². The number of carbonyl (C=O) groups is 2. The zero-order valence-electron chi connectivity index (χ0n) is 15.2. The van der Waals surface area contributed by atoms with E-state index >= 15 is 0 Å². The van der Waals surface area contributed by atoms with Crippen molar-refractivity contribution in [3.63, 3.8) is 0 Å². The summed E-state index contributed by atoms with van der Waals surface area (Å²) >= 11 is 1.44. The van der Waals surface area contributed by atoms with Gasteiger partial charge in [-0.05, 0) is 43.3 Å². The van der Waals surface area contributed by atoms with Crippen LogP contribution < -0.4 is 15.4 Å². The molecule has 0 aliphatic carbocycles. The molecular weight excluding hydrogens is 362 g/mol. The first-order chi connectivity index (χ1) is 13.0. The van der Waals surface area contributed by atoms with Crippen LogP contribution in [0.2, 0.25) is 0 Å². The number of nitrogens with one attached hydrogen (secondary N) is 2. The Kier molecular flexibility index (Phi) is 5.52. The third-order valence-corrected chi connectivity index (χ3v) is 4.81. The average Bonchev–Trinajstić information content (AvgIpc) is 3.04. The van der Waals surface area contributed by atoms with Crippen molar-refractivity contribution in [3.05, 3.63) is 59.1 Å². The first kappa shape index (κ1) is 18.6. The number of amides is 2. The summed E-state index contributed by atoms with van der Waals surface area (Å²) in [6.07, 6.45) is 0. The quantitative estimate of drug-likeness (QED) is 0.689. The lowest BCUT2D eigenvalue weighted by Gasteiger charge is -2.05. The summed E-state index contributed by atoms with van der Waals surface area (Å²) in [5, 5.41) is 6.32. The Labute approximate surface area is 161 Å². The van der Waals surface area contributed by atoms with E-state index in [4.69, 9.17) is 4.74 Å². The molecule has 0 unspecified atom stereocenters. The van der Waals surface area contributed by atoms with Crippen molar-refractivity contribution in [2.75, 3.05) is 17.7 Å². The number of thiazole rings is 1.